The van der Waals surface area contributed by atoms with Crippen molar-refractivity contribution in [3.05, 3.63) is 64.5 Å². The normalized spacial score (nSPS) is 13.0. The molecule has 0 saturated carbocycles. The van der Waals surface area contributed by atoms with Crippen LogP contribution in [0.15, 0.2) is 41.8 Å². The van der Waals surface area contributed by atoms with Gasteiger partial charge in [0, 0.05) is 34.7 Å². The summed E-state index contributed by atoms with van der Waals surface area (Å²) in [5.74, 6) is -2.27. The van der Waals surface area contributed by atoms with E-state index in [4.69, 9.17) is 0 Å². The number of nitrogens with zero attached hydrogens (tertiary/aromatic N) is 1. The molecule has 0 atom stereocenters. The first-order valence-electron chi connectivity index (χ1n) is 8.14. The van der Waals surface area contributed by atoms with Crippen molar-refractivity contribution in [2.75, 3.05) is 10.6 Å². The molecule has 8 heteroatoms. The highest BCUT2D eigenvalue weighted by Crippen LogP contribution is 2.30. The summed E-state index contributed by atoms with van der Waals surface area (Å²) in [5.41, 5.74) is 3.24. The first-order valence-corrected chi connectivity index (χ1v) is 9.02. The molecule has 0 radical (unpaired) electrons. The molecule has 3 aromatic rings. The molecule has 2 N–H and O–H groups in total. The summed E-state index contributed by atoms with van der Waals surface area (Å²) < 4.78 is 26.5. The standard InChI is InChI=1S/C19H13F2N3O2S/c20-13-6-12(7-14(21)8-13)18(26)24-19-23-16(9-27-19)11-1-3-15-10(5-11)2-4-17(25)22-15/h1,3,5-9H,2,4H2,(H,22,25)(H,23,24,26). The summed E-state index contributed by atoms with van der Waals surface area (Å²) in [6, 6.07) is 8.26. The fourth-order valence-electron chi connectivity index (χ4n) is 2.86. The maximum Gasteiger partial charge on any atom is 0.257 e. The van der Waals surface area contributed by atoms with Crippen LogP contribution in [0.5, 0.6) is 0 Å². The van der Waals surface area contributed by atoms with Crippen LogP contribution in [0.2, 0.25) is 0 Å². The first-order chi connectivity index (χ1) is 13.0. The molecule has 0 bridgehead atoms. The highest BCUT2D eigenvalue weighted by Gasteiger charge is 2.16. The summed E-state index contributed by atoms with van der Waals surface area (Å²) in [6.07, 6.45) is 1.10. The number of nitrogens with one attached hydrogen (secondary N) is 2. The van der Waals surface area contributed by atoms with E-state index < -0.39 is 17.5 Å². The van der Waals surface area contributed by atoms with Gasteiger partial charge in [-0.3, -0.25) is 14.9 Å². The van der Waals surface area contributed by atoms with Crippen molar-refractivity contribution in [1.82, 2.24) is 4.98 Å². The number of aromatic nitrogens is 1. The predicted octanol–water partition coefficient (Wildman–Crippen LogP) is 4.23. The van der Waals surface area contributed by atoms with Crippen LogP contribution in [-0.4, -0.2) is 16.8 Å². The number of carbonyl (C=O) groups is 2. The van der Waals surface area contributed by atoms with Crippen LogP contribution < -0.4 is 10.6 Å². The van der Waals surface area contributed by atoms with Crippen molar-refractivity contribution < 1.29 is 18.4 Å². The third-order valence-electron chi connectivity index (χ3n) is 4.15. The molecule has 4 rings (SSSR count). The molecule has 1 aliphatic rings. The zero-order chi connectivity index (χ0) is 19.0. The molecule has 27 heavy (non-hydrogen) atoms. The Balaban J connectivity index is 1.53. The molecule has 2 aromatic carbocycles. The third kappa shape index (κ3) is 3.70. The van der Waals surface area contributed by atoms with Gasteiger partial charge < -0.3 is 5.32 Å². The van der Waals surface area contributed by atoms with E-state index in [2.05, 4.69) is 15.6 Å². The van der Waals surface area contributed by atoms with Crippen LogP contribution in [0, 0.1) is 11.6 Å². The highest BCUT2D eigenvalue weighted by molar-refractivity contribution is 7.14. The maximum atomic E-state index is 13.3. The maximum absolute atomic E-state index is 13.3. The molecule has 1 aromatic heterocycles. The number of benzene rings is 2. The van der Waals surface area contributed by atoms with Gasteiger partial charge in [-0.15, -0.1) is 11.3 Å². The second kappa shape index (κ2) is 6.88. The summed E-state index contributed by atoms with van der Waals surface area (Å²) in [5, 5.41) is 7.48. The van der Waals surface area contributed by atoms with Crippen LogP contribution in [-0.2, 0) is 11.2 Å². The van der Waals surface area contributed by atoms with E-state index in [0.717, 1.165) is 28.9 Å². The fourth-order valence-corrected chi connectivity index (χ4v) is 3.58. The van der Waals surface area contributed by atoms with Gasteiger partial charge >= 0.3 is 0 Å². The Bertz CT molecular complexity index is 1040. The molecule has 2 heterocycles. The zero-order valence-corrected chi connectivity index (χ0v) is 14.7. The van der Waals surface area contributed by atoms with Crippen LogP contribution in [0.25, 0.3) is 11.3 Å². The first kappa shape index (κ1) is 17.3. The molecular weight excluding hydrogens is 372 g/mol. The number of carbonyl (C=O) groups excluding carboxylic acids is 2. The number of rotatable bonds is 3. The Morgan fingerprint density at radius 3 is 2.67 bits per heavy atom. The summed E-state index contributed by atoms with van der Waals surface area (Å²) in [6.45, 7) is 0. The Kier molecular flexibility index (Phi) is 4.41. The second-order valence-corrected chi connectivity index (χ2v) is 6.93. The van der Waals surface area contributed by atoms with Crippen LogP contribution in [0.4, 0.5) is 19.6 Å². The van der Waals surface area contributed by atoms with Gasteiger partial charge in [-0.2, -0.15) is 0 Å². The Labute approximate surface area is 157 Å². The van der Waals surface area contributed by atoms with E-state index in [0.29, 0.717) is 29.7 Å². The Morgan fingerprint density at radius 1 is 1.11 bits per heavy atom. The van der Waals surface area contributed by atoms with Crippen molar-refractivity contribution in [3.63, 3.8) is 0 Å². The molecule has 0 unspecified atom stereocenters. The van der Waals surface area contributed by atoms with Crippen molar-refractivity contribution in [1.29, 1.82) is 0 Å². The molecule has 1 aliphatic heterocycles. The largest absolute Gasteiger partial charge is 0.326 e. The monoisotopic (exact) mass is 385 g/mol. The Morgan fingerprint density at radius 2 is 1.89 bits per heavy atom. The number of halogens is 2. The summed E-state index contributed by atoms with van der Waals surface area (Å²) in [4.78, 5) is 28.0. The summed E-state index contributed by atoms with van der Waals surface area (Å²) in [7, 11) is 0. The predicted molar refractivity (Wildman–Crippen MR) is 98.8 cm³/mol. The number of thiazole rings is 1. The average molecular weight is 385 g/mol. The van der Waals surface area contributed by atoms with Crippen molar-refractivity contribution in [2.24, 2.45) is 0 Å². The zero-order valence-electron chi connectivity index (χ0n) is 13.9. The van der Waals surface area contributed by atoms with Crippen LogP contribution >= 0.6 is 11.3 Å². The number of aryl methyl sites for hydroxylation is 1. The van der Waals surface area contributed by atoms with Crippen molar-refractivity contribution in [3.8, 4) is 11.3 Å². The molecule has 136 valence electrons. The van der Waals surface area contributed by atoms with Gasteiger partial charge in [-0.1, -0.05) is 6.07 Å². The summed E-state index contributed by atoms with van der Waals surface area (Å²) >= 11 is 1.21. The van der Waals surface area contributed by atoms with Crippen molar-refractivity contribution >= 4 is 34.0 Å². The minimum atomic E-state index is -0.818. The van der Waals surface area contributed by atoms with E-state index in [1.54, 1.807) is 5.38 Å². The van der Waals surface area contributed by atoms with Gasteiger partial charge in [0.05, 0.1) is 5.69 Å². The van der Waals surface area contributed by atoms with Crippen LogP contribution in [0.1, 0.15) is 22.3 Å². The Hall–Kier alpha value is -3.13. The number of hydrogen-bond acceptors (Lipinski definition) is 4. The lowest BCUT2D eigenvalue weighted by Crippen LogP contribution is -2.18. The van der Waals surface area contributed by atoms with Gasteiger partial charge in [-0.05, 0) is 36.2 Å². The lowest BCUT2D eigenvalue weighted by atomic mass is 9.99. The van der Waals surface area contributed by atoms with E-state index in [1.807, 2.05) is 18.2 Å². The second-order valence-electron chi connectivity index (χ2n) is 6.07. The lowest BCUT2D eigenvalue weighted by Gasteiger charge is -2.17. The van der Waals surface area contributed by atoms with E-state index in [-0.39, 0.29) is 11.5 Å². The van der Waals surface area contributed by atoms with Gasteiger partial charge in [0.1, 0.15) is 11.6 Å². The fraction of sp³-hybridized carbons (Fsp3) is 0.105. The molecule has 0 aliphatic carbocycles. The van der Waals surface area contributed by atoms with E-state index >= 15 is 0 Å². The topological polar surface area (TPSA) is 71.1 Å². The van der Waals surface area contributed by atoms with Gasteiger partial charge in [-0.25, -0.2) is 13.8 Å². The average Bonchev–Trinajstić information content (AvgIpc) is 3.09. The molecule has 2 amide bonds. The molecule has 0 spiro atoms. The van der Waals surface area contributed by atoms with Crippen molar-refractivity contribution in [2.45, 2.75) is 12.8 Å². The van der Waals surface area contributed by atoms with Gasteiger partial charge in [0.15, 0.2) is 5.13 Å². The highest BCUT2D eigenvalue weighted by atomic mass is 32.1. The molecule has 5 nitrogen and oxygen atoms in total. The van der Waals surface area contributed by atoms with Gasteiger partial charge in [0.2, 0.25) is 5.91 Å². The third-order valence-corrected chi connectivity index (χ3v) is 4.90. The molecule has 0 saturated heterocycles. The number of anilines is 2. The number of amides is 2. The molecule has 0 fully saturated rings. The lowest BCUT2D eigenvalue weighted by molar-refractivity contribution is -0.116. The quantitative estimate of drug-likeness (QED) is 0.709. The minimum Gasteiger partial charge on any atom is -0.326 e. The smallest absolute Gasteiger partial charge is 0.257 e. The van der Waals surface area contributed by atoms with E-state index in [1.165, 1.54) is 11.3 Å². The molecular formula is C19H13F2N3O2S. The SMILES string of the molecule is O=C1CCc2cc(-c3csc(NC(=O)c4cc(F)cc(F)c4)n3)ccc2N1. The minimum absolute atomic E-state index is 0.00249. The number of hydrogen-bond donors (Lipinski definition) is 2. The van der Waals surface area contributed by atoms with Gasteiger partial charge in [0.25, 0.3) is 5.91 Å². The van der Waals surface area contributed by atoms with E-state index in [9.17, 15) is 18.4 Å². The van der Waals surface area contributed by atoms with Crippen LogP contribution in [0.3, 0.4) is 0 Å². The number of fused-ring (bicyclic) bond motifs is 1.